The van der Waals surface area contributed by atoms with Crippen LogP contribution in [0.25, 0.3) is 0 Å². The van der Waals surface area contributed by atoms with Gasteiger partial charge in [0.2, 0.25) is 0 Å². The average molecular weight is 303 g/mol. The van der Waals surface area contributed by atoms with Gasteiger partial charge in [-0.05, 0) is 18.6 Å². The number of benzene rings is 1. The third-order valence-electron chi connectivity index (χ3n) is 3.61. The molecular formula is C15H17N3O2S. The zero-order chi connectivity index (χ0) is 14.7. The number of aromatic hydroxyl groups is 1. The van der Waals surface area contributed by atoms with Crippen LogP contribution in [0, 0.1) is 0 Å². The van der Waals surface area contributed by atoms with E-state index in [-0.39, 0.29) is 11.7 Å². The van der Waals surface area contributed by atoms with Crippen molar-refractivity contribution in [3.8, 4) is 5.75 Å². The van der Waals surface area contributed by atoms with Crippen LogP contribution >= 0.6 is 11.3 Å². The highest BCUT2D eigenvalue weighted by Crippen LogP contribution is 2.21. The fourth-order valence-corrected chi connectivity index (χ4v) is 3.21. The Morgan fingerprint density at radius 2 is 2.05 bits per heavy atom. The number of rotatable bonds is 2. The van der Waals surface area contributed by atoms with E-state index < -0.39 is 0 Å². The van der Waals surface area contributed by atoms with Crippen molar-refractivity contribution in [2.45, 2.75) is 6.42 Å². The lowest BCUT2D eigenvalue weighted by molar-refractivity contribution is 0.0764. The van der Waals surface area contributed by atoms with Crippen molar-refractivity contribution >= 4 is 22.4 Å². The van der Waals surface area contributed by atoms with E-state index in [4.69, 9.17) is 0 Å². The van der Waals surface area contributed by atoms with Crippen molar-refractivity contribution < 1.29 is 9.90 Å². The van der Waals surface area contributed by atoms with Crippen molar-refractivity contribution in [1.29, 1.82) is 0 Å². The van der Waals surface area contributed by atoms with Crippen LogP contribution in [0.3, 0.4) is 0 Å². The number of hydrogen-bond donors (Lipinski definition) is 1. The second-order valence-electron chi connectivity index (χ2n) is 4.96. The second-order valence-corrected chi connectivity index (χ2v) is 5.84. The SMILES string of the molecule is O=C(c1ccccc1O)N1CCCN(c2nccs2)CC1. The third kappa shape index (κ3) is 3.00. The van der Waals surface area contributed by atoms with Gasteiger partial charge >= 0.3 is 0 Å². The highest BCUT2D eigenvalue weighted by Gasteiger charge is 2.22. The molecule has 6 heteroatoms. The molecular weight excluding hydrogens is 286 g/mol. The Labute approximate surface area is 127 Å². The zero-order valence-electron chi connectivity index (χ0n) is 11.6. The van der Waals surface area contributed by atoms with Gasteiger partial charge in [0.15, 0.2) is 5.13 Å². The number of carbonyl (C=O) groups is 1. The molecule has 0 aliphatic carbocycles. The van der Waals surface area contributed by atoms with Crippen LogP contribution in [0.5, 0.6) is 5.75 Å². The number of hydrogen-bond acceptors (Lipinski definition) is 5. The maximum atomic E-state index is 12.5. The summed E-state index contributed by atoms with van der Waals surface area (Å²) in [5.41, 5.74) is 0.375. The summed E-state index contributed by atoms with van der Waals surface area (Å²) in [6, 6.07) is 6.71. The molecule has 0 spiro atoms. The van der Waals surface area contributed by atoms with E-state index in [1.54, 1.807) is 41.8 Å². The molecule has 1 aliphatic heterocycles. The van der Waals surface area contributed by atoms with Crippen LogP contribution < -0.4 is 4.90 Å². The summed E-state index contributed by atoms with van der Waals surface area (Å²) in [4.78, 5) is 20.8. The van der Waals surface area contributed by atoms with Gasteiger partial charge in [0.05, 0.1) is 5.56 Å². The van der Waals surface area contributed by atoms with Gasteiger partial charge in [-0.1, -0.05) is 12.1 Å². The molecule has 1 N–H and O–H groups in total. The molecule has 1 aromatic carbocycles. The maximum Gasteiger partial charge on any atom is 0.257 e. The lowest BCUT2D eigenvalue weighted by Gasteiger charge is -2.22. The molecule has 1 saturated heterocycles. The number of para-hydroxylation sites is 1. The first-order valence-electron chi connectivity index (χ1n) is 6.97. The fourth-order valence-electron chi connectivity index (χ4n) is 2.51. The van der Waals surface area contributed by atoms with Crippen molar-refractivity contribution in [2.75, 3.05) is 31.1 Å². The number of anilines is 1. The van der Waals surface area contributed by atoms with Crippen LogP contribution in [-0.4, -0.2) is 47.1 Å². The quantitative estimate of drug-likeness (QED) is 0.924. The number of aromatic nitrogens is 1. The van der Waals surface area contributed by atoms with E-state index in [9.17, 15) is 9.90 Å². The summed E-state index contributed by atoms with van der Waals surface area (Å²) < 4.78 is 0. The largest absolute Gasteiger partial charge is 0.507 e. The number of carbonyl (C=O) groups excluding carboxylic acids is 1. The molecule has 0 atom stereocenters. The van der Waals surface area contributed by atoms with Gasteiger partial charge in [0, 0.05) is 37.8 Å². The van der Waals surface area contributed by atoms with E-state index in [0.29, 0.717) is 18.7 Å². The van der Waals surface area contributed by atoms with Crippen LogP contribution in [0.15, 0.2) is 35.8 Å². The van der Waals surface area contributed by atoms with Gasteiger partial charge in [-0.25, -0.2) is 4.98 Å². The summed E-state index contributed by atoms with van der Waals surface area (Å²) in [7, 11) is 0. The van der Waals surface area contributed by atoms with E-state index in [0.717, 1.165) is 24.6 Å². The zero-order valence-corrected chi connectivity index (χ0v) is 12.4. The molecule has 21 heavy (non-hydrogen) atoms. The number of thiazole rings is 1. The van der Waals surface area contributed by atoms with Crippen molar-refractivity contribution in [2.24, 2.45) is 0 Å². The summed E-state index contributed by atoms with van der Waals surface area (Å²) in [6.45, 7) is 3.02. The third-order valence-corrected chi connectivity index (χ3v) is 4.44. The highest BCUT2D eigenvalue weighted by molar-refractivity contribution is 7.13. The summed E-state index contributed by atoms with van der Waals surface area (Å²) >= 11 is 1.62. The first-order valence-corrected chi connectivity index (χ1v) is 7.85. The molecule has 0 radical (unpaired) electrons. The van der Waals surface area contributed by atoms with Crippen LogP contribution in [0.4, 0.5) is 5.13 Å². The lowest BCUT2D eigenvalue weighted by Crippen LogP contribution is -2.35. The van der Waals surface area contributed by atoms with Gasteiger partial charge in [0.1, 0.15) is 5.75 Å². The highest BCUT2D eigenvalue weighted by atomic mass is 32.1. The molecule has 2 aromatic rings. The van der Waals surface area contributed by atoms with Gasteiger partial charge in [0.25, 0.3) is 5.91 Å². The number of amides is 1. The Kier molecular flexibility index (Phi) is 4.06. The van der Waals surface area contributed by atoms with Crippen LogP contribution in [0.2, 0.25) is 0 Å². The molecule has 1 aliphatic rings. The Bertz CT molecular complexity index is 615. The topological polar surface area (TPSA) is 56.7 Å². The molecule has 110 valence electrons. The number of phenolic OH excluding ortho intramolecular Hbond substituents is 1. The predicted octanol–water partition coefficient (Wildman–Crippen LogP) is 2.20. The summed E-state index contributed by atoms with van der Waals surface area (Å²) in [6.07, 6.45) is 2.70. The van der Waals surface area contributed by atoms with E-state index >= 15 is 0 Å². The van der Waals surface area contributed by atoms with Crippen LogP contribution in [-0.2, 0) is 0 Å². The minimum Gasteiger partial charge on any atom is -0.507 e. The Hall–Kier alpha value is -2.08. The first-order chi connectivity index (χ1) is 10.3. The average Bonchev–Trinajstić information content (AvgIpc) is 2.92. The van der Waals surface area contributed by atoms with Crippen molar-refractivity contribution in [3.05, 3.63) is 41.4 Å². The smallest absolute Gasteiger partial charge is 0.257 e. The molecule has 0 unspecified atom stereocenters. The monoisotopic (exact) mass is 303 g/mol. The molecule has 1 fully saturated rings. The normalized spacial score (nSPS) is 15.8. The van der Waals surface area contributed by atoms with Gasteiger partial charge < -0.3 is 14.9 Å². The molecule has 5 nitrogen and oxygen atoms in total. The number of nitrogens with zero attached hydrogens (tertiary/aromatic N) is 3. The van der Waals surface area contributed by atoms with Gasteiger partial charge in [-0.2, -0.15) is 0 Å². The molecule has 1 aromatic heterocycles. The fraction of sp³-hybridized carbons (Fsp3) is 0.333. The van der Waals surface area contributed by atoms with Gasteiger partial charge in [-0.15, -0.1) is 11.3 Å². The molecule has 1 amide bonds. The molecule has 0 bridgehead atoms. The Balaban J connectivity index is 1.70. The minimum absolute atomic E-state index is 0.0449. The molecule has 2 heterocycles. The predicted molar refractivity (Wildman–Crippen MR) is 83.0 cm³/mol. The minimum atomic E-state index is -0.103. The van der Waals surface area contributed by atoms with Crippen molar-refractivity contribution in [1.82, 2.24) is 9.88 Å². The standard InChI is InChI=1S/C15H17N3O2S/c19-13-5-2-1-4-12(13)14(20)17-7-3-8-18(10-9-17)15-16-6-11-21-15/h1-2,4-6,11,19H,3,7-10H2. The summed E-state index contributed by atoms with van der Waals surface area (Å²) in [5.74, 6) is -0.0578. The van der Waals surface area contributed by atoms with Crippen molar-refractivity contribution in [3.63, 3.8) is 0 Å². The van der Waals surface area contributed by atoms with E-state index in [1.807, 2.05) is 10.3 Å². The second kappa shape index (κ2) is 6.13. The Morgan fingerprint density at radius 3 is 2.81 bits per heavy atom. The number of phenols is 1. The molecule has 0 saturated carbocycles. The van der Waals surface area contributed by atoms with E-state index in [1.165, 1.54) is 0 Å². The first kappa shape index (κ1) is 13.9. The molecule has 3 rings (SSSR count). The summed E-state index contributed by atoms with van der Waals surface area (Å²) in [5, 5.41) is 12.8. The van der Waals surface area contributed by atoms with E-state index in [2.05, 4.69) is 9.88 Å². The lowest BCUT2D eigenvalue weighted by atomic mass is 10.1. The Morgan fingerprint density at radius 1 is 1.19 bits per heavy atom. The van der Waals surface area contributed by atoms with Gasteiger partial charge in [-0.3, -0.25) is 4.79 Å². The van der Waals surface area contributed by atoms with Crippen LogP contribution in [0.1, 0.15) is 16.8 Å². The maximum absolute atomic E-state index is 12.5.